The van der Waals surface area contributed by atoms with Gasteiger partial charge in [0, 0.05) is 10.5 Å². The molecular weight excluding hydrogens is 253 g/mol. The normalized spacial score (nSPS) is 21.4. The maximum absolute atomic E-state index is 13.2. The van der Waals surface area contributed by atoms with Crippen LogP contribution >= 0.6 is 11.6 Å². The lowest BCUT2D eigenvalue weighted by Crippen LogP contribution is -2.41. The number of rotatable bonds is 1. The van der Waals surface area contributed by atoms with Gasteiger partial charge in [-0.1, -0.05) is 11.6 Å². The molecule has 1 fully saturated rings. The molecule has 0 radical (unpaired) electrons. The highest BCUT2D eigenvalue weighted by molar-refractivity contribution is 6.66. The lowest BCUT2D eigenvalue weighted by molar-refractivity contribution is 0.00578. The van der Waals surface area contributed by atoms with Crippen molar-refractivity contribution in [2.75, 3.05) is 0 Å². The first-order valence-electron chi connectivity index (χ1n) is 5.95. The lowest BCUT2D eigenvalue weighted by Gasteiger charge is -2.32. The summed E-state index contributed by atoms with van der Waals surface area (Å²) in [5.41, 5.74) is 0.583. The Kier molecular flexibility index (Phi) is 3.25. The molecule has 0 amide bonds. The number of halogens is 2. The van der Waals surface area contributed by atoms with Gasteiger partial charge in [-0.25, -0.2) is 4.39 Å². The largest absolute Gasteiger partial charge is 0.496 e. The minimum Gasteiger partial charge on any atom is -0.399 e. The van der Waals surface area contributed by atoms with Crippen LogP contribution in [0.3, 0.4) is 0 Å². The van der Waals surface area contributed by atoms with Crippen LogP contribution in [0.5, 0.6) is 0 Å². The predicted octanol–water partition coefficient (Wildman–Crippen LogP) is 3.09. The fourth-order valence-corrected chi connectivity index (χ4v) is 2.32. The molecule has 2 rings (SSSR count). The first kappa shape index (κ1) is 13.8. The van der Waals surface area contributed by atoms with Crippen LogP contribution < -0.4 is 5.46 Å². The molecule has 1 aliphatic heterocycles. The summed E-state index contributed by atoms with van der Waals surface area (Å²) in [6.07, 6.45) is 0. The van der Waals surface area contributed by atoms with E-state index in [9.17, 15) is 4.39 Å². The molecule has 1 aliphatic rings. The van der Waals surface area contributed by atoms with E-state index in [-0.39, 0.29) is 5.82 Å². The second-order valence-corrected chi connectivity index (χ2v) is 6.11. The molecular formula is C13H17BClFO2. The number of aryl methyl sites for hydroxylation is 1. The first-order valence-corrected chi connectivity index (χ1v) is 6.33. The molecule has 0 aliphatic carbocycles. The Morgan fingerprint density at radius 3 is 2.06 bits per heavy atom. The van der Waals surface area contributed by atoms with Gasteiger partial charge in [0.25, 0.3) is 0 Å². The van der Waals surface area contributed by atoms with Crippen LogP contribution in [0.2, 0.25) is 5.02 Å². The topological polar surface area (TPSA) is 18.5 Å². The minimum atomic E-state index is -0.553. The quantitative estimate of drug-likeness (QED) is 0.730. The van der Waals surface area contributed by atoms with Gasteiger partial charge in [0.2, 0.25) is 0 Å². The van der Waals surface area contributed by atoms with E-state index in [2.05, 4.69) is 0 Å². The zero-order valence-electron chi connectivity index (χ0n) is 11.3. The van der Waals surface area contributed by atoms with Crippen LogP contribution in [-0.4, -0.2) is 18.3 Å². The van der Waals surface area contributed by atoms with Crippen molar-refractivity contribution in [2.24, 2.45) is 0 Å². The fraction of sp³-hybridized carbons (Fsp3) is 0.538. The minimum absolute atomic E-state index is 0.339. The van der Waals surface area contributed by atoms with Crippen molar-refractivity contribution in [1.29, 1.82) is 0 Å². The Morgan fingerprint density at radius 1 is 1.11 bits per heavy atom. The molecule has 0 spiro atoms. The van der Waals surface area contributed by atoms with Gasteiger partial charge in [0.05, 0.1) is 11.2 Å². The van der Waals surface area contributed by atoms with E-state index < -0.39 is 18.3 Å². The molecule has 0 bridgehead atoms. The van der Waals surface area contributed by atoms with E-state index in [0.29, 0.717) is 10.5 Å². The van der Waals surface area contributed by atoms with E-state index in [1.165, 1.54) is 12.1 Å². The van der Waals surface area contributed by atoms with Crippen molar-refractivity contribution in [3.05, 3.63) is 28.5 Å². The van der Waals surface area contributed by atoms with Crippen LogP contribution in [0.25, 0.3) is 0 Å². The number of hydrogen-bond donors (Lipinski definition) is 0. The number of benzene rings is 1. The van der Waals surface area contributed by atoms with Crippen LogP contribution in [0, 0.1) is 12.7 Å². The average Bonchev–Trinajstić information content (AvgIpc) is 2.32. The molecule has 1 aromatic rings. The molecule has 98 valence electrons. The van der Waals surface area contributed by atoms with Gasteiger partial charge in [-0.05, 0) is 52.3 Å². The average molecular weight is 271 g/mol. The molecule has 0 N–H and O–H groups in total. The summed E-state index contributed by atoms with van der Waals surface area (Å²) in [6, 6.07) is 2.72. The molecule has 0 saturated carbocycles. The molecule has 0 atom stereocenters. The second-order valence-electron chi connectivity index (χ2n) is 5.71. The van der Waals surface area contributed by atoms with E-state index in [4.69, 9.17) is 20.9 Å². The summed E-state index contributed by atoms with van der Waals surface area (Å²) in [5, 5.41) is 0.339. The Morgan fingerprint density at radius 2 is 1.61 bits per heavy atom. The third kappa shape index (κ3) is 2.17. The van der Waals surface area contributed by atoms with E-state index in [1.54, 1.807) is 6.92 Å². The van der Waals surface area contributed by atoms with Crippen LogP contribution in [0.1, 0.15) is 33.3 Å². The van der Waals surface area contributed by atoms with E-state index in [1.807, 2.05) is 27.7 Å². The Bertz CT molecular complexity index is 449. The number of hydrogen-bond acceptors (Lipinski definition) is 2. The van der Waals surface area contributed by atoms with Gasteiger partial charge < -0.3 is 9.31 Å². The third-order valence-corrected chi connectivity index (χ3v) is 4.10. The molecule has 1 heterocycles. The molecule has 0 unspecified atom stereocenters. The van der Waals surface area contributed by atoms with Crippen molar-refractivity contribution < 1.29 is 13.7 Å². The van der Waals surface area contributed by atoms with E-state index in [0.717, 1.165) is 5.56 Å². The maximum atomic E-state index is 13.2. The van der Waals surface area contributed by atoms with Gasteiger partial charge in [-0.3, -0.25) is 0 Å². The Balaban J connectivity index is 2.42. The van der Waals surface area contributed by atoms with Crippen molar-refractivity contribution in [3.8, 4) is 0 Å². The zero-order chi connectivity index (χ0) is 13.7. The van der Waals surface area contributed by atoms with Crippen molar-refractivity contribution >= 4 is 24.2 Å². The van der Waals surface area contributed by atoms with Crippen LogP contribution in [0.4, 0.5) is 4.39 Å². The van der Waals surface area contributed by atoms with Gasteiger partial charge in [0.1, 0.15) is 5.82 Å². The molecule has 0 aromatic heterocycles. The molecule has 18 heavy (non-hydrogen) atoms. The van der Waals surface area contributed by atoms with E-state index >= 15 is 0 Å². The van der Waals surface area contributed by atoms with Crippen molar-refractivity contribution in [2.45, 2.75) is 45.8 Å². The Hall–Kier alpha value is -0.575. The summed E-state index contributed by atoms with van der Waals surface area (Å²) in [4.78, 5) is 0. The van der Waals surface area contributed by atoms with Gasteiger partial charge >= 0.3 is 7.12 Å². The monoisotopic (exact) mass is 270 g/mol. The fourth-order valence-electron chi connectivity index (χ4n) is 1.97. The smallest absolute Gasteiger partial charge is 0.399 e. The zero-order valence-corrected chi connectivity index (χ0v) is 12.1. The summed E-state index contributed by atoms with van der Waals surface area (Å²) in [7, 11) is -0.553. The van der Waals surface area contributed by atoms with Crippen LogP contribution in [-0.2, 0) is 9.31 Å². The molecule has 2 nitrogen and oxygen atoms in total. The highest BCUT2D eigenvalue weighted by atomic mass is 35.5. The molecule has 1 aromatic carbocycles. The summed E-state index contributed by atoms with van der Waals surface area (Å²) in [6.45, 7) is 9.69. The van der Waals surface area contributed by atoms with Crippen molar-refractivity contribution in [1.82, 2.24) is 0 Å². The van der Waals surface area contributed by atoms with Crippen LogP contribution in [0.15, 0.2) is 12.1 Å². The summed E-state index contributed by atoms with van der Waals surface area (Å²) < 4.78 is 25.1. The lowest BCUT2D eigenvalue weighted by atomic mass is 9.76. The summed E-state index contributed by atoms with van der Waals surface area (Å²) in [5.74, 6) is -0.349. The molecule has 5 heteroatoms. The van der Waals surface area contributed by atoms with Gasteiger partial charge in [-0.2, -0.15) is 0 Å². The van der Waals surface area contributed by atoms with Crippen molar-refractivity contribution in [3.63, 3.8) is 0 Å². The predicted molar refractivity (Wildman–Crippen MR) is 71.9 cm³/mol. The highest BCUT2D eigenvalue weighted by Crippen LogP contribution is 2.37. The summed E-state index contributed by atoms with van der Waals surface area (Å²) >= 11 is 6.10. The highest BCUT2D eigenvalue weighted by Gasteiger charge is 2.52. The van der Waals surface area contributed by atoms with Gasteiger partial charge in [0.15, 0.2) is 0 Å². The molecule has 1 saturated heterocycles. The second kappa shape index (κ2) is 4.22. The van der Waals surface area contributed by atoms with Gasteiger partial charge in [-0.15, -0.1) is 0 Å². The Labute approximate surface area is 113 Å². The third-order valence-electron chi connectivity index (χ3n) is 3.79. The standard InChI is InChI=1S/C13H17BClFO2/c1-8-6-9(16)7-10(15)11(8)14-17-12(2,3)13(4,5)18-14/h6-7H,1-5H3. The first-order chi connectivity index (χ1) is 8.14. The maximum Gasteiger partial charge on any atom is 0.496 e. The SMILES string of the molecule is Cc1cc(F)cc(Cl)c1B1OC(C)(C)C(C)(C)O1.